The number of aromatic nitrogens is 7. The van der Waals surface area contributed by atoms with E-state index in [0.29, 0.717) is 16.3 Å². The molecule has 6 N–H and O–H groups in total. The number of carbonyl (C=O) groups excluding carboxylic acids is 2. The summed E-state index contributed by atoms with van der Waals surface area (Å²) in [6.07, 6.45) is 3.98. The van der Waals surface area contributed by atoms with Crippen molar-refractivity contribution in [1.29, 1.82) is 0 Å². The molecule has 0 saturated heterocycles. The molecule has 2 amide bonds. The largest absolute Gasteiger partial charge is 0.345 e. The maximum absolute atomic E-state index is 16.4. The molecule has 0 spiro atoms. The van der Waals surface area contributed by atoms with Crippen LogP contribution in [0.2, 0.25) is 10.0 Å². The van der Waals surface area contributed by atoms with E-state index in [1.165, 1.54) is 51.5 Å². The molecule has 4 aromatic carbocycles. The average Bonchev–Trinajstić information content (AvgIpc) is 4.04. The van der Waals surface area contributed by atoms with Gasteiger partial charge in [-0.3, -0.25) is 19.8 Å². The number of carbonyl (C=O) groups is 2. The van der Waals surface area contributed by atoms with Gasteiger partial charge in [-0.1, -0.05) is 47.5 Å². The number of benzene rings is 4. The average molecular weight is 910 g/mol. The van der Waals surface area contributed by atoms with Crippen molar-refractivity contribution in [2.75, 3.05) is 12.8 Å². The number of amides is 2. The number of halogens is 6. The molecule has 0 aliphatic heterocycles. The maximum Gasteiger partial charge on any atom is 0.255 e. The highest BCUT2D eigenvalue weighted by Crippen LogP contribution is 2.39. The third-order valence-electron chi connectivity index (χ3n) is 10.2. The van der Waals surface area contributed by atoms with Crippen LogP contribution in [0.25, 0.3) is 33.6 Å². The van der Waals surface area contributed by atoms with Crippen molar-refractivity contribution in [1.82, 2.24) is 51.2 Å². The predicted octanol–water partition coefficient (Wildman–Crippen LogP) is 7.47. The van der Waals surface area contributed by atoms with Gasteiger partial charge in [-0.25, -0.2) is 30.7 Å². The van der Waals surface area contributed by atoms with Crippen LogP contribution in [0.3, 0.4) is 0 Å². The van der Waals surface area contributed by atoms with Crippen molar-refractivity contribution >= 4 is 45.0 Å². The van der Waals surface area contributed by atoms with E-state index in [1.54, 1.807) is 24.3 Å². The molecule has 0 saturated carbocycles. The summed E-state index contributed by atoms with van der Waals surface area (Å²) < 4.78 is 89.8. The quantitative estimate of drug-likeness (QED) is 0.0603. The molecule has 7 aromatic rings. The van der Waals surface area contributed by atoms with E-state index in [2.05, 4.69) is 51.2 Å². The maximum atomic E-state index is 16.4. The Morgan fingerprint density at radius 1 is 0.726 bits per heavy atom. The fourth-order valence-corrected chi connectivity index (χ4v) is 8.36. The van der Waals surface area contributed by atoms with E-state index in [1.807, 2.05) is 0 Å². The fraction of sp³-hybridized carbons (Fsp3) is 0.171. The summed E-state index contributed by atoms with van der Waals surface area (Å²) in [7, 11) is -2.85. The van der Waals surface area contributed by atoms with Crippen LogP contribution in [-0.2, 0) is 16.4 Å². The minimum atomic E-state index is -4.03. The number of nitrogens with zero attached hydrogens (tertiary/aromatic N) is 4. The molecule has 62 heavy (non-hydrogen) atoms. The Kier molecular flexibility index (Phi) is 12.6. The van der Waals surface area contributed by atoms with Crippen LogP contribution in [0.5, 0.6) is 0 Å². The summed E-state index contributed by atoms with van der Waals surface area (Å²) in [6, 6.07) is 11.6. The second-order valence-corrected chi connectivity index (χ2v) is 16.9. The van der Waals surface area contributed by atoms with Crippen molar-refractivity contribution in [3.8, 4) is 33.6 Å². The topological polar surface area (TPSA) is 203 Å². The van der Waals surface area contributed by atoms with Crippen molar-refractivity contribution in [2.24, 2.45) is 0 Å². The second kappa shape index (κ2) is 17.9. The zero-order valence-corrected chi connectivity index (χ0v) is 35.0. The summed E-state index contributed by atoms with van der Waals surface area (Å²) >= 11 is 12.9. The molecule has 3 aromatic heterocycles. The lowest BCUT2D eigenvalue weighted by molar-refractivity contribution is 0.0930. The van der Waals surface area contributed by atoms with Crippen LogP contribution in [0, 0.1) is 37.1 Å². The lowest BCUT2D eigenvalue weighted by atomic mass is 9.94. The van der Waals surface area contributed by atoms with Gasteiger partial charge in [-0.2, -0.15) is 25.6 Å². The van der Waals surface area contributed by atoms with Gasteiger partial charge in [-0.05, 0) is 79.5 Å². The Hall–Kier alpha value is -6.41. The first-order valence-electron chi connectivity index (χ1n) is 18.5. The minimum absolute atomic E-state index is 0.0111. The summed E-state index contributed by atoms with van der Waals surface area (Å²) in [5.74, 6) is -5.65. The van der Waals surface area contributed by atoms with Gasteiger partial charge in [0.05, 0.1) is 64.6 Å². The van der Waals surface area contributed by atoms with Gasteiger partial charge in [0.25, 0.3) is 11.8 Å². The lowest BCUT2D eigenvalue weighted by Gasteiger charge is -2.21. The van der Waals surface area contributed by atoms with E-state index in [-0.39, 0.29) is 72.9 Å². The highest BCUT2D eigenvalue weighted by molar-refractivity contribution is 7.89. The molecule has 2 atom stereocenters. The third-order valence-corrected chi connectivity index (χ3v) is 12.1. The number of hydrogen-bond acceptors (Lipinski definition) is 8. The molecule has 3 heterocycles. The van der Waals surface area contributed by atoms with E-state index < -0.39 is 62.9 Å². The molecule has 0 radical (unpaired) electrons. The van der Waals surface area contributed by atoms with Gasteiger partial charge in [0, 0.05) is 38.7 Å². The monoisotopic (exact) mass is 908 g/mol. The van der Waals surface area contributed by atoms with Gasteiger partial charge in [0.15, 0.2) is 0 Å². The molecule has 14 nitrogen and oxygen atoms in total. The molecule has 0 bridgehead atoms. The van der Waals surface area contributed by atoms with Gasteiger partial charge < -0.3 is 10.6 Å². The molecule has 0 unspecified atom stereocenters. The van der Waals surface area contributed by atoms with Crippen molar-refractivity contribution < 1.29 is 35.6 Å². The lowest BCUT2D eigenvalue weighted by Crippen LogP contribution is -2.36. The summed E-state index contributed by atoms with van der Waals surface area (Å²) in [4.78, 5) is 27.5. The molecule has 0 aliphatic carbocycles. The van der Waals surface area contributed by atoms with Crippen LogP contribution in [0.1, 0.15) is 60.7 Å². The predicted molar refractivity (Wildman–Crippen MR) is 223 cm³/mol. The smallest absolute Gasteiger partial charge is 0.255 e. The van der Waals surface area contributed by atoms with Crippen LogP contribution >= 0.6 is 23.2 Å². The summed E-state index contributed by atoms with van der Waals surface area (Å²) in [5.41, 5.74) is -0.288. The highest BCUT2D eigenvalue weighted by atomic mass is 35.5. The van der Waals surface area contributed by atoms with Crippen LogP contribution in [-0.4, -0.2) is 68.8 Å². The molecule has 0 fully saturated rings. The standard InChI is InChI=1S/C41H34Cl2F4N10O4S/c1-19-30(44)9-10-31(45)35(19)38-27(16-49-55-38)41(59)53-34(18-62(60,61)48-3)22-7-8-25(29(43)12-22)26-14-32(46)36(20(2)37(26)47)39-28(17-50-56-39)40(58)52-33(13-24-15-51-57-54-24)21-5-4-6-23(42)11-21/h4-12,14-17,33-34,48H,13,18H2,1-3H3,(H,49,55)(H,50,56)(H,52,58)(H,53,59)(H,51,54,57)/t33-,34+/m0/s1. The van der Waals surface area contributed by atoms with Gasteiger partial charge in [0.1, 0.15) is 23.3 Å². The Labute approximate surface area is 360 Å². The number of hydrogen-bond donors (Lipinski definition) is 6. The number of aromatic amines is 3. The Morgan fingerprint density at radius 2 is 1.35 bits per heavy atom. The van der Waals surface area contributed by atoms with E-state index in [4.69, 9.17) is 23.2 Å². The highest BCUT2D eigenvalue weighted by Gasteiger charge is 2.29. The fourth-order valence-electron chi connectivity index (χ4n) is 6.98. The zero-order chi connectivity index (χ0) is 44.5. The SMILES string of the molecule is CNS(=O)(=O)C[C@@H](NC(=O)c1cn[nH]c1-c1c(F)ccc(F)c1C)c1ccc(-c2cc(F)c(-c3[nH]ncc3C(=O)N[C@@H](Cc3cn[nH]n3)c3cccc(Cl)c3)c(C)c2F)c(Cl)c1. The number of sulfonamides is 1. The van der Waals surface area contributed by atoms with Crippen LogP contribution < -0.4 is 15.4 Å². The van der Waals surface area contributed by atoms with E-state index in [0.717, 1.165) is 24.4 Å². The first-order chi connectivity index (χ1) is 29.6. The van der Waals surface area contributed by atoms with Gasteiger partial charge in [-0.15, -0.1) is 0 Å². The minimum Gasteiger partial charge on any atom is -0.345 e. The first kappa shape index (κ1) is 43.7. The zero-order valence-electron chi connectivity index (χ0n) is 32.7. The second-order valence-electron chi connectivity index (χ2n) is 14.1. The molecule has 7 rings (SSSR count). The van der Waals surface area contributed by atoms with Crippen molar-refractivity contribution in [3.63, 3.8) is 0 Å². The number of H-pyrrole nitrogens is 3. The van der Waals surface area contributed by atoms with Crippen molar-refractivity contribution in [2.45, 2.75) is 32.4 Å². The molecule has 21 heteroatoms. The molecule has 320 valence electrons. The van der Waals surface area contributed by atoms with Crippen LogP contribution in [0.4, 0.5) is 17.6 Å². The Morgan fingerprint density at radius 3 is 1.97 bits per heavy atom. The summed E-state index contributed by atoms with van der Waals surface area (Å²) in [5, 5.41) is 29.1. The van der Waals surface area contributed by atoms with Gasteiger partial charge >= 0.3 is 0 Å². The molecular weight excluding hydrogens is 875 g/mol. The molecular formula is C41H34Cl2F4N10O4S. The summed E-state index contributed by atoms with van der Waals surface area (Å²) in [6.45, 7) is 2.64. The Balaban J connectivity index is 1.18. The van der Waals surface area contributed by atoms with Crippen molar-refractivity contribution in [3.05, 3.63) is 152 Å². The van der Waals surface area contributed by atoms with E-state index in [9.17, 15) is 26.8 Å². The van der Waals surface area contributed by atoms with E-state index >= 15 is 8.78 Å². The normalized spacial score (nSPS) is 12.6. The Bertz CT molecular complexity index is 2950. The van der Waals surface area contributed by atoms with Gasteiger partial charge in [0.2, 0.25) is 10.0 Å². The number of rotatable bonds is 14. The third kappa shape index (κ3) is 8.96. The molecule has 0 aliphatic rings. The number of nitrogens with one attached hydrogen (secondary N) is 6. The van der Waals surface area contributed by atoms with Crippen LogP contribution in [0.15, 0.2) is 79.3 Å². The first-order valence-corrected chi connectivity index (χ1v) is 20.9.